The topological polar surface area (TPSA) is 63.7 Å². The molecule has 1 aliphatic carbocycles. The smallest absolute Gasteiger partial charge is 0.185 e. The van der Waals surface area contributed by atoms with Crippen LogP contribution < -0.4 is 9.64 Å². The molecule has 0 aromatic heterocycles. The van der Waals surface area contributed by atoms with Gasteiger partial charge in [0.25, 0.3) is 0 Å². The third-order valence-electron chi connectivity index (χ3n) is 8.85. The Balaban J connectivity index is 1.54. The highest BCUT2D eigenvalue weighted by atomic mass is 35.5. The molecule has 0 unspecified atom stereocenters. The molecule has 0 bridgehead atoms. The Hall–Kier alpha value is -4.48. The average Bonchev–Trinajstić information content (AvgIpc) is 3.43. The van der Waals surface area contributed by atoms with E-state index < -0.39 is 23.4 Å². The number of fused-ring (bicyclic) bond motifs is 5. The summed E-state index contributed by atoms with van der Waals surface area (Å²) < 4.78 is 5.41. The number of ether oxygens (including phenoxy) is 1. The van der Waals surface area contributed by atoms with Gasteiger partial charge in [-0.1, -0.05) is 90.0 Å². The van der Waals surface area contributed by atoms with E-state index in [0.717, 1.165) is 22.4 Å². The summed E-state index contributed by atoms with van der Waals surface area (Å²) >= 11 is 6.37. The molecule has 0 amide bonds. The maximum Gasteiger partial charge on any atom is 0.185 e. The number of nitrogens with zero attached hydrogens (tertiary/aromatic N) is 1. The number of hydrogen-bond acceptors (Lipinski definition) is 5. The van der Waals surface area contributed by atoms with Crippen LogP contribution in [0.15, 0.2) is 97.1 Å². The molecule has 202 valence electrons. The first-order chi connectivity index (χ1) is 19.9. The van der Waals surface area contributed by atoms with Gasteiger partial charge in [-0.25, -0.2) is 0 Å². The van der Waals surface area contributed by atoms with Crippen LogP contribution in [-0.4, -0.2) is 36.5 Å². The van der Waals surface area contributed by atoms with Crippen LogP contribution in [0.4, 0.5) is 5.69 Å². The predicted octanol–water partition coefficient (Wildman–Crippen LogP) is 6.97. The molecule has 41 heavy (non-hydrogen) atoms. The van der Waals surface area contributed by atoms with Gasteiger partial charge >= 0.3 is 0 Å². The SMILES string of the molecule is COc1ccc([C@@H]2[C@H](C(=O)c3ccc(C)cc3)N3c4ccc(Cl)cc4C=C[C@H]3C23C(=O)c2ccccc2C3=O)cc1. The van der Waals surface area contributed by atoms with Gasteiger partial charge in [0, 0.05) is 33.3 Å². The van der Waals surface area contributed by atoms with Crippen LogP contribution in [0, 0.1) is 12.3 Å². The number of methoxy groups -OCH3 is 1. The number of carbonyl (C=O) groups excluding carboxylic acids is 3. The fourth-order valence-electron chi connectivity index (χ4n) is 7.02. The van der Waals surface area contributed by atoms with Crippen LogP contribution in [0.2, 0.25) is 5.02 Å². The van der Waals surface area contributed by atoms with Crippen molar-refractivity contribution in [1.82, 2.24) is 0 Å². The number of aryl methyl sites for hydroxylation is 1. The molecule has 1 fully saturated rings. The lowest BCUT2D eigenvalue weighted by molar-refractivity contribution is 0.0666. The third-order valence-corrected chi connectivity index (χ3v) is 9.08. The highest BCUT2D eigenvalue weighted by Gasteiger charge is 2.71. The number of rotatable bonds is 4. The average molecular weight is 560 g/mol. The second-order valence-corrected chi connectivity index (χ2v) is 11.3. The number of halogens is 1. The predicted molar refractivity (Wildman–Crippen MR) is 159 cm³/mol. The van der Waals surface area contributed by atoms with Gasteiger partial charge < -0.3 is 9.64 Å². The summed E-state index contributed by atoms with van der Waals surface area (Å²) in [6, 6.07) is 25.8. The summed E-state index contributed by atoms with van der Waals surface area (Å²) in [5, 5.41) is 0.564. The van der Waals surface area contributed by atoms with Gasteiger partial charge in [-0.05, 0) is 48.4 Å². The number of carbonyl (C=O) groups is 3. The summed E-state index contributed by atoms with van der Waals surface area (Å²) in [5.41, 5.74) is 3.13. The van der Waals surface area contributed by atoms with Gasteiger partial charge in [-0.15, -0.1) is 0 Å². The molecule has 0 radical (unpaired) electrons. The van der Waals surface area contributed by atoms with Crippen molar-refractivity contribution >= 4 is 40.7 Å². The Morgan fingerprint density at radius 1 is 0.878 bits per heavy atom. The molecule has 2 aliphatic heterocycles. The highest BCUT2D eigenvalue weighted by Crippen LogP contribution is 2.61. The Kier molecular flexibility index (Phi) is 5.77. The Morgan fingerprint density at radius 3 is 2.17 bits per heavy atom. The van der Waals surface area contributed by atoms with Crippen molar-refractivity contribution in [3.63, 3.8) is 0 Å². The van der Waals surface area contributed by atoms with E-state index in [9.17, 15) is 14.4 Å². The van der Waals surface area contributed by atoms with Gasteiger partial charge in [-0.3, -0.25) is 14.4 Å². The monoisotopic (exact) mass is 559 g/mol. The van der Waals surface area contributed by atoms with Gasteiger partial charge in [0.15, 0.2) is 17.3 Å². The fourth-order valence-corrected chi connectivity index (χ4v) is 7.20. The summed E-state index contributed by atoms with van der Waals surface area (Å²) in [7, 11) is 1.59. The fraction of sp³-hybridized carbons (Fsp3) is 0.171. The zero-order chi connectivity index (χ0) is 28.5. The number of anilines is 1. The van der Waals surface area contributed by atoms with Gasteiger partial charge in [0.1, 0.15) is 17.2 Å². The maximum absolute atomic E-state index is 14.7. The van der Waals surface area contributed by atoms with Crippen molar-refractivity contribution in [3.8, 4) is 5.75 Å². The molecule has 1 saturated heterocycles. The first-order valence-corrected chi connectivity index (χ1v) is 13.9. The van der Waals surface area contributed by atoms with Crippen molar-refractivity contribution < 1.29 is 19.1 Å². The van der Waals surface area contributed by atoms with Crippen molar-refractivity contribution in [2.24, 2.45) is 5.41 Å². The molecule has 0 saturated carbocycles. The molecular weight excluding hydrogens is 534 g/mol. The van der Waals surface area contributed by atoms with E-state index in [1.54, 1.807) is 37.4 Å². The van der Waals surface area contributed by atoms with E-state index in [1.165, 1.54) is 0 Å². The van der Waals surface area contributed by atoms with Crippen LogP contribution >= 0.6 is 11.6 Å². The van der Waals surface area contributed by atoms with E-state index in [1.807, 2.05) is 84.6 Å². The lowest BCUT2D eigenvalue weighted by atomic mass is 9.64. The van der Waals surface area contributed by atoms with Crippen molar-refractivity contribution in [1.29, 1.82) is 0 Å². The lowest BCUT2D eigenvalue weighted by Gasteiger charge is -2.37. The minimum Gasteiger partial charge on any atom is -0.497 e. The molecule has 5 nitrogen and oxygen atoms in total. The number of hydrogen-bond donors (Lipinski definition) is 0. The van der Waals surface area contributed by atoms with E-state index in [0.29, 0.717) is 27.5 Å². The molecule has 4 aromatic carbocycles. The molecule has 7 rings (SSSR count). The van der Waals surface area contributed by atoms with E-state index in [-0.39, 0.29) is 17.3 Å². The summed E-state index contributed by atoms with van der Waals surface area (Å²) in [6.45, 7) is 1.97. The molecule has 3 atom stereocenters. The van der Waals surface area contributed by atoms with Gasteiger partial charge in [0.2, 0.25) is 0 Å². The zero-order valence-corrected chi connectivity index (χ0v) is 23.3. The normalized spacial score (nSPS) is 21.5. The minimum atomic E-state index is -1.54. The second-order valence-electron chi connectivity index (χ2n) is 10.9. The van der Waals surface area contributed by atoms with Crippen LogP contribution in [0.3, 0.4) is 0 Å². The number of Topliss-reactive ketones (excluding diaryl/α,β-unsaturated/α-hetero) is 3. The Labute approximate surface area is 243 Å². The molecule has 1 spiro atoms. The molecule has 3 aliphatic rings. The maximum atomic E-state index is 14.7. The lowest BCUT2D eigenvalue weighted by Crippen LogP contribution is -2.48. The quantitative estimate of drug-likeness (QED) is 0.199. The van der Waals surface area contributed by atoms with E-state index >= 15 is 0 Å². The number of benzene rings is 4. The van der Waals surface area contributed by atoms with Crippen LogP contribution in [0.1, 0.15) is 53.7 Å². The first-order valence-electron chi connectivity index (χ1n) is 13.6. The summed E-state index contributed by atoms with van der Waals surface area (Å²) in [5.74, 6) is -0.788. The largest absolute Gasteiger partial charge is 0.497 e. The number of ketones is 3. The molecule has 0 N–H and O–H groups in total. The molecule has 4 aromatic rings. The standard InChI is InChI=1S/C35H26ClNO4/c1-20-7-9-22(10-8-20)32(38)31-30(21-11-15-25(41-2)16-12-21)35(33(39)26-5-3-4-6-27(26)34(35)40)29-18-13-23-19-24(36)14-17-28(23)37(29)31/h3-19,29-31H,1-2H3/t29-,30+,31+/m0/s1. The third kappa shape index (κ3) is 3.52. The summed E-state index contributed by atoms with van der Waals surface area (Å²) in [6.07, 6.45) is 3.82. The van der Waals surface area contributed by atoms with Crippen LogP contribution in [-0.2, 0) is 0 Å². The van der Waals surface area contributed by atoms with Crippen molar-refractivity contribution in [2.75, 3.05) is 12.0 Å². The Morgan fingerprint density at radius 2 is 1.54 bits per heavy atom. The zero-order valence-electron chi connectivity index (χ0n) is 22.5. The Bertz CT molecular complexity index is 1740. The van der Waals surface area contributed by atoms with E-state index in [4.69, 9.17) is 16.3 Å². The highest BCUT2D eigenvalue weighted by molar-refractivity contribution is 6.32. The van der Waals surface area contributed by atoms with Gasteiger partial charge in [-0.2, -0.15) is 0 Å². The summed E-state index contributed by atoms with van der Waals surface area (Å²) in [4.78, 5) is 46.0. The molecule has 2 heterocycles. The van der Waals surface area contributed by atoms with Crippen LogP contribution in [0.25, 0.3) is 6.08 Å². The first kappa shape index (κ1) is 25.5. The van der Waals surface area contributed by atoms with Crippen molar-refractivity contribution in [3.05, 3.63) is 135 Å². The van der Waals surface area contributed by atoms with Gasteiger partial charge in [0.05, 0.1) is 13.2 Å². The molecular formula is C35H26ClNO4. The second kappa shape index (κ2) is 9.28. The minimum absolute atomic E-state index is 0.152. The van der Waals surface area contributed by atoms with Crippen LogP contribution in [0.5, 0.6) is 5.75 Å². The van der Waals surface area contributed by atoms with Crippen molar-refractivity contribution in [2.45, 2.75) is 24.9 Å². The molecule has 6 heteroatoms. The van der Waals surface area contributed by atoms with E-state index in [2.05, 4.69) is 0 Å².